The number of esters is 1. The van der Waals surface area contributed by atoms with Gasteiger partial charge in [-0.3, -0.25) is 0 Å². The van der Waals surface area contributed by atoms with Crippen molar-refractivity contribution in [2.24, 2.45) is 16.1 Å². The number of hydrogen-bond donors (Lipinski definition) is 1. The van der Waals surface area contributed by atoms with Crippen molar-refractivity contribution >= 4 is 40.7 Å². The lowest BCUT2D eigenvalue weighted by Gasteiger charge is -2.35. The Morgan fingerprint density at radius 3 is 2.62 bits per heavy atom. The van der Waals surface area contributed by atoms with Crippen LogP contribution in [0.15, 0.2) is 52.3 Å². The standard InChI is InChI=1S/C29H40ClN7O3.C2H6/c1-21-16-27(31)34-29(33-21)37(20-24-10-12-25(39-3)13-11-24)14-6-5-8-23-9-7-15-36(19-23)22(2)17-26(30)35-32-18-28(38)40-4;1-2/h10-13,16-18,23H,5-9,14-15,19-20H2,1-4H3,(H2,31,33,34);1-2H3/b22-17+,32-18+,35-26+;. The third-order valence-corrected chi connectivity index (χ3v) is 7.02. The van der Waals surface area contributed by atoms with E-state index >= 15 is 0 Å². The third-order valence-electron chi connectivity index (χ3n) is 6.83. The molecule has 1 aliphatic rings. The average molecular weight is 600 g/mol. The van der Waals surface area contributed by atoms with Gasteiger partial charge in [0.2, 0.25) is 5.95 Å². The number of rotatable bonds is 13. The van der Waals surface area contributed by atoms with E-state index in [2.05, 4.69) is 46.8 Å². The Bertz CT molecular complexity index is 1180. The predicted molar refractivity (Wildman–Crippen MR) is 172 cm³/mol. The number of unbranched alkanes of at least 4 members (excludes halogenated alkanes) is 1. The van der Waals surface area contributed by atoms with Gasteiger partial charge in [0.15, 0.2) is 5.17 Å². The van der Waals surface area contributed by atoms with Gasteiger partial charge in [0.1, 0.15) is 17.8 Å². The summed E-state index contributed by atoms with van der Waals surface area (Å²) in [5, 5.41) is 7.71. The quantitative estimate of drug-likeness (QED) is 0.129. The second-order valence-corrected chi connectivity index (χ2v) is 10.3. The number of aromatic nitrogens is 2. The molecule has 2 aromatic rings. The van der Waals surface area contributed by atoms with Gasteiger partial charge >= 0.3 is 5.97 Å². The molecular formula is C31H46ClN7O3. The van der Waals surface area contributed by atoms with E-state index < -0.39 is 5.97 Å². The van der Waals surface area contributed by atoms with Crippen LogP contribution in [0.1, 0.15) is 64.1 Å². The number of allylic oxidation sites excluding steroid dienone is 2. The molecule has 1 aromatic heterocycles. The van der Waals surface area contributed by atoms with Crippen LogP contribution in [0, 0.1) is 12.8 Å². The van der Waals surface area contributed by atoms with Gasteiger partial charge in [0.05, 0.1) is 14.2 Å². The van der Waals surface area contributed by atoms with Gasteiger partial charge in [-0.15, -0.1) is 10.2 Å². The summed E-state index contributed by atoms with van der Waals surface area (Å²) in [6.45, 7) is 11.4. The van der Waals surface area contributed by atoms with Crippen LogP contribution < -0.4 is 15.4 Å². The molecule has 11 heteroatoms. The van der Waals surface area contributed by atoms with E-state index in [0.717, 1.165) is 74.2 Å². The Labute approximate surface area is 255 Å². The summed E-state index contributed by atoms with van der Waals surface area (Å²) in [4.78, 5) is 24.9. The number of likely N-dealkylation sites (tertiary alicyclic amines) is 1. The van der Waals surface area contributed by atoms with Gasteiger partial charge in [-0.1, -0.05) is 44.0 Å². The Morgan fingerprint density at radius 2 is 1.95 bits per heavy atom. The minimum absolute atomic E-state index is 0.218. The van der Waals surface area contributed by atoms with Crippen LogP contribution in [0.5, 0.6) is 5.75 Å². The zero-order valence-corrected chi connectivity index (χ0v) is 26.6. The second-order valence-electron chi connectivity index (χ2n) is 9.93. The van der Waals surface area contributed by atoms with Crippen LogP contribution in [-0.2, 0) is 16.1 Å². The highest BCUT2D eigenvalue weighted by atomic mass is 35.5. The van der Waals surface area contributed by atoms with Gasteiger partial charge in [0, 0.05) is 43.6 Å². The molecule has 0 aliphatic carbocycles. The molecular weight excluding hydrogens is 554 g/mol. The number of nitrogens with zero attached hydrogens (tertiary/aromatic N) is 6. The number of halogens is 1. The largest absolute Gasteiger partial charge is 0.497 e. The van der Waals surface area contributed by atoms with Crippen molar-refractivity contribution in [1.82, 2.24) is 14.9 Å². The number of hydrogen-bond acceptors (Lipinski definition) is 10. The van der Waals surface area contributed by atoms with Crippen molar-refractivity contribution in [2.75, 3.05) is 44.5 Å². The van der Waals surface area contributed by atoms with E-state index in [9.17, 15) is 4.79 Å². The van der Waals surface area contributed by atoms with Crippen molar-refractivity contribution < 1.29 is 14.3 Å². The average Bonchev–Trinajstić information content (AvgIpc) is 2.99. The van der Waals surface area contributed by atoms with Crippen molar-refractivity contribution in [3.05, 3.63) is 53.4 Å². The molecule has 1 atom stereocenters. The number of nitrogens with two attached hydrogens (primary N) is 1. The van der Waals surface area contributed by atoms with Gasteiger partial charge in [-0.2, -0.15) is 4.98 Å². The maximum absolute atomic E-state index is 11.1. The van der Waals surface area contributed by atoms with Gasteiger partial charge < -0.3 is 25.0 Å². The zero-order chi connectivity index (χ0) is 30.9. The summed E-state index contributed by atoms with van der Waals surface area (Å²) in [7, 11) is 2.95. The molecule has 0 amide bonds. The van der Waals surface area contributed by atoms with Crippen molar-refractivity contribution in [3.8, 4) is 5.75 Å². The second kappa shape index (κ2) is 18.7. The van der Waals surface area contributed by atoms with E-state index in [1.54, 1.807) is 19.3 Å². The van der Waals surface area contributed by atoms with Crippen LogP contribution in [0.25, 0.3) is 0 Å². The normalized spacial score (nSPS) is 15.7. The number of methoxy groups -OCH3 is 2. The Balaban J connectivity index is 0.00000301. The number of ether oxygens (including phenoxy) is 2. The number of carbonyl (C=O) groups excluding carboxylic acids is 1. The van der Waals surface area contributed by atoms with Gasteiger partial charge in [-0.25, -0.2) is 9.78 Å². The van der Waals surface area contributed by atoms with Crippen LogP contribution in [0.4, 0.5) is 11.8 Å². The Hall–Kier alpha value is -3.66. The first-order valence-electron chi connectivity index (χ1n) is 14.5. The highest BCUT2D eigenvalue weighted by molar-refractivity contribution is 6.68. The number of piperidine rings is 1. The molecule has 10 nitrogen and oxygen atoms in total. The monoisotopic (exact) mass is 599 g/mol. The zero-order valence-electron chi connectivity index (χ0n) is 25.8. The van der Waals surface area contributed by atoms with E-state index in [0.29, 0.717) is 24.2 Å². The molecule has 1 saturated heterocycles. The van der Waals surface area contributed by atoms with Gasteiger partial charge in [0.25, 0.3) is 0 Å². The highest BCUT2D eigenvalue weighted by Crippen LogP contribution is 2.25. The SMILES string of the molecule is CC.COC(=O)/C=N/N=C(Cl)\C=C(/C)N1CCCC(CCCCN(Cc2ccc(OC)cc2)c2nc(C)cc(N)n2)C1. The molecule has 3 rings (SSSR count). The lowest BCUT2D eigenvalue weighted by atomic mass is 9.92. The van der Waals surface area contributed by atoms with Crippen molar-refractivity contribution in [1.29, 1.82) is 0 Å². The van der Waals surface area contributed by atoms with Crippen LogP contribution >= 0.6 is 11.6 Å². The summed E-state index contributed by atoms with van der Waals surface area (Å²) >= 11 is 6.19. The molecule has 0 radical (unpaired) electrons. The maximum atomic E-state index is 11.1. The molecule has 2 N–H and O–H groups in total. The lowest BCUT2D eigenvalue weighted by molar-refractivity contribution is -0.132. The molecule has 0 saturated carbocycles. The van der Waals surface area contributed by atoms with Crippen LogP contribution in [-0.4, -0.2) is 66.1 Å². The molecule has 0 bridgehead atoms. The van der Waals surface area contributed by atoms with Crippen LogP contribution in [0.3, 0.4) is 0 Å². The maximum Gasteiger partial charge on any atom is 0.351 e. The summed E-state index contributed by atoms with van der Waals surface area (Å²) < 4.78 is 9.80. The number of benzene rings is 1. The molecule has 1 aliphatic heterocycles. The number of nitrogen functional groups attached to an aromatic ring is 1. The molecule has 0 spiro atoms. The Kier molecular flexibility index (Phi) is 15.4. The van der Waals surface area contributed by atoms with Gasteiger partial charge in [-0.05, 0) is 69.2 Å². The van der Waals surface area contributed by atoms with Crippen LogP contribution in [0.2, 0.25) is 0 Å². The summed E-state index contributed by atoms with van der Waals surface area (Å²) in [5.41, 5.74) is 9.09. The smallest absolute Gasteiger partial charge is 0.351 e. The minimum Gasteiger partial charge on any atom is -0.497 e. The van der Waals surface area contributed by atoms with E-state index in [1.807, 2.05) is 39.8 Å². The topological polar surface area (TPSA) is 119 Å². The minimum atomic E-state index is -0.577. The number of aryl methyl sites for hydroxylation is 1. The van der Waals surface area contributed by atoms with E-state index in [-0.39, 0.29) is 5.17 Å². The van der Waals surface area contributed by atoms with Crippen molar-refractivity contribution in [3.63, 3.8) is 0 Å². The fourth-order valence-electron chi connectivity index (χ4n) is 4.75. The van der Waals surface area contributed by atoms with Crippen molar-refractivity contribution in [2.45, 2.75) is 66.3 Å². The molecule has 1 fully saturated rings. The van der Waals surface area contributed by atoms with E-state index in [1.165, 1.54) is 13.5 Å². The molecule has 1 unspecified atom stereocenters. The summed E-state index contributed by atoms with van der Waals surface area (Å²) in [6.07, 6.45) is 8.38. The first-order chi connectivity index (χ1) is 20.3. The first-order valence-corrected chi connectivity index (χ1v) is 14.9. The molecule has 42 heavy (non-hydrogen) atoms. The Morgan fingerprint density at radius 1 is 1.21 bits per heavy atom. The molecule has 230 valence electrons. The fraction of sp³-hybridized carbons (Fsp3) is 0.516. The molecule has 1 aromatic carbocycles. The molecule has 2 heterocycles. The van der Waals surface area contributed by atoms with E-state index in [4.69, 9.17) is 22.1 Å². The third kappa shape index (κ3) is 12.1. The fourth-order valence-corrected chi connectivity index (χ4v) is 4.95. The lowest BCUT2D eigenvalue weighted by Crippen LogP contribution is -2.34. The summed E-state index contributed by atoms with van der Waals surface area (Å²) in [6, 6.07) is 9.87. The summed E-state index contributed by atoms with van der Waals surface area (Å²) in [5.74, 6) is 2.00. The first kappa shape index (κ1) is 34.5. The number of anilines is 2. The number of carbonyl (C=O) groups is 1. The predicted octanol–water partition coefficient (Wildman–Crippen LogP) is 5.99. The highest BCUT2D eigenvalue weighted by Gasteiger charge is 2.20.